The molecule has 0 saturated carbocycles. The van der Waals surface area contributed by atoms with Gasteiger partial charge in [0.1, 0.15) is 11.3 Å². The van der Waals surface area contributed by atoms with Crippen molar-refractivity contribution < 1.29 is 28.2 Å². The summed E-state index contributed by atoms with van der Waals surface area (Å²) in [6.45, 7) is 2.77. The molecule has 1 atom stereocenters. The van der Waals surface area contributed by atoms with E-state index in [1.165, 1.54) is 12.1 Å². The third-order valence-electron chi connectivity index (χ3n) is 7.81. The second-order valence-corrected chi connectivity index (χ2v) is 11.1. The van der Waals surface area contributed by atoms with Crippen molar-refractivity contribution in [1.29, 1.82) is 0 Å². The van der Waals surface area contributed by atoms with Gasteiger partial charge in [0.2, 0.25) is 0 Å². The fourth-order valence-corrected chi connectivity index (χ4v) is 5.32. The molecule has 2 amide bonds. The molecule has 1 aromatic heterocycles. The van der Waals surface area contributed by atoms with Crippen LogP contribution in [0, 0.1) is 11.7 Å². The molecule has 0 aliphatic carbocycles. The van der Waals surface area contributed by atoms with E-state index < -0.39 is 17.6 Å². The number of rotatable bonds is 11. The highest BCUT2D eigenvalue weighted by Gasteiger charge is 2.21. The molecule has 1 aliphatic heterocycles. The average Bonchev–Trinajstić information content (AvgIpc) is 3.05. The Morgan fingerprint density at radius 3 is 2.47 bits per heavy atom. The number of benzene rings is 3. The van der Waals surface area contributed by atoms with Crippen LogP contribution in [0.4, 0.5) is 10.1 Å². The average molecular weight is 616 g/mol. The number of hydrogen-bond acceptors (Lipinski definition) is 8. The van der Waals surface area contributed by atoms with Gasteiger partial charge in [-0.05, 0) is 81.8 Å². The lowest BCUT2D eigenvalue weighted by atomic mass is 9.99. The van der Waals surface area contributed by atoms with Crippen LogP contribution in [-0.2, 0) is 9.59 Å². The molecule has 3 aromatic carbocycles. The summed E-state index contributed by atoms with van der Waals surface area (Å²) in [6, 6.07) is 18.7. The Hall–Kier alpha value is -4.74. The molecule has 0 spiro atoms. The molecule has 45 heavy (non-hydrogen) atoms. The number of carbonyl (C=O) groups excluding carboxylic acids is 2. The molecular weight excluding hydrogens is 577 g/mol. The lowest BCUT2D eigenvalue weighted by Gasteiger charge is -2.25. The first-order valence-corrected chi connectivity index (χ1v) is 14.9. The molecule has 1 fully saturated rings. The van der Waals surface area contributed by atoms with Crippen LogP contribution in [-0.4, -0.2) is 69.1 Å². The number of pyridine rings is 1. The third-order valence-corrected chi connectivity index (χ3v) is 7.81. The van der Waals surface area contributed by atoms with E-state index in [9.17, 15) is 9.59 Å². The zero-order chi connectivity index (χ0) is 31.8. The molecule has 2 heterocycles. The fourth-order valence-electron chi connectivity index (χ4n) is 5.32. The first kappa shape index (κ1) is 31.7. The molecule has 1 saturated heterocycles. The highest BCUT2D eigenvalue weighted by molar-refractivity contribution is 6.39. The van der Waals surface area contributed by atoms with Crippen molar-refractivity contribution in [3.8, 4) is 23.0 Å². The third kappa shape index (κ3) is 7.86. The van der Waals surface area contributed by atoms with Crippen molar-refractivity contribution in [2.24, 2.45) is 5.92 Å². The van der Waals surface area contributed by atoms with Crippen LogP contribution in [0.2, 0.25) is 0 Å². The minimum Gasteiger partial charge on any atom is -0.491 e. The maximum Gasteiger partial charge on any atom is 0.313 e. The van der Waals surface area contributed by atoms with Crippen molar-refractivity contribution in [3.63, 3.8) is 0 Å². The number of likely N-dealkylation sites (N-methyl/N-ethyl adjacent to an activating group) is 1. The smallest absolute Gasteiger partial charge is 0.313 e. The van der Waals surface area contributed by atoms with E-state index in [4.69, 9.17) is 14.2 Å². The number of nitrogens with one attached hydrogen (secondary N) is 3. The molecule has 0 radical (unpaired) electrons. The van der Waals surface area contributed by atoms with E-state index in [2.05, 4.69) is 20.9 Å². The van der Waals surface area contributed by atoms with Crippen LogP contribution in [0.25, 0.3) is 10.9 Å². The Balaban J connectivity index is 1.23. The predicted octanol–water partition coefficient (Wildman–Crippen LogP) is 4.91. The van der Waals surface area contributed by atoms with E-state index >= 15 is 4.39 Å². The molecule has 0 bridgehead atoms. The van der Waals surface area contributed by atoms with E-state index in [1.807, 2.05) is 55.4 Å². The van der Waals surface area contributed by atoms with Crippen LogP contribution in [0.15, 0.2) is 72.9 Å². The van der Waals surface area contributed by atoms with E-state index in [-0.39, 0.29) is 24.0 Å². The van der Waals surface area contributed by atoms with E-state index in [1.54, 1.807) is 25.4 Å². The van der Waals surface area contributed by atoms with E-state index in [0.717, 1.165) is 37.6 Å². The highest BCUT2D eigenvalue weighted by Crippen LogP contribution is 2.40. The molecule has 11 heteroatoms. The van der Waals surface area contributed by atoms with Gasteiger partial charge in [-0.15, -0.1) is 0 Å². The van der Waals surface area contributed by atoms with Crippen LogP contribution in [0.1, 0.15) is 24.4 Å². The number of methoxy groups -OCH3 is 1. The summed E-state index contributed by atoms with van der Waals surface area (Å²) in [4.78, 5) is 31.5. The first-order chi connectivity index (χ1) is 21.8. The molecule has 1 aliphatic rings. The zero-order valence-corrected chi connectivity index (χ0v) is 25.6. The van der Waals surface area contributed by atoms with Gasteiger partial charge < -0.3 is 35.1 Å². The van der Waals surface area contributed by atoms with Crippen molar-refractivity contribution in [1.82, 2.24) is 20.5 Å². The molecule has 10 nitrogen and oxygen atoms in total. The number of hydrogen-bond donors (Lipinski definition) is 3. The molecule has 3 N–H and O–H groups in total. The number of halogens is 1. The Labute approximate surface area is 261 Å². The highest BCUT2D eigenvalue weighted by atomic mass is 19.1. The van der Waals surface area contributed by atoms with Crippen molar-refractivity contribution in [2.45, 2.75) is 18.9 Å². The summed E-state index contributed by atoms with van der Waals surface area (Å²) in [5.74, 6) is -0.615. The number of fused-ring (bicyclic) bond motifs is 1. The van der Waals surface area contributed by atoms with Gasteiger partial charge in [-0.3, -0.25) is 14.6 Å². The maximum absolute atomic E-state index is 15.2. The fraction of sp³-hybridized carbons (Fsp3) is 0.324. The topological polar surface area (TPSA) is 114 Å². The molecule has 1 unspecified atom stereocenters. The van der Waals surface area contributed by atoms with Gasteiger partial charge in [0.05, 0.1) is 19.8 Å². The van der Waals surface area contributed by atoms with Gasteiger partial charge in [-0.25, -0.2) is 4.39 Å². The molecule has 4 aromatic rings. The molecular formula is C34H38FN5O5. The number of ether oxygens (including phenoxy) is 3. The standard InChI is InChI=1S/C34H38FN5O5/c1-40(2)27(23-7-5-4-6-8-23)20-38-33(41)34(42)39-24-9-11-29(26(35)19-24)45-28-15-18-37-31-25(28)10-12-30(32(31)43-3)44-21-22-13-16-36-17-14-22/h4-12,15,18-19,22,27,36H,13-14,16-17,20-21H2,1-3H3,(H,38,41)(H,39,42). The predicted molar refractivity (Wildman–Crippen MR) is 170 cm³/mol. The van der Waals surface area contributed by atoms with Crippen LogP contribution in [0.3, 0.4) is 0 Å². The molecule has 5 rings (SSSR count). The summed E-state index contributed by atoms with van der Waals surface area (Å²) in [6.07, 6.45) is 3.67. The number of nitrogens with zero attached hydrogens (tertiary/aromatic N) is 2. The second kappa shape index (κ2) is 14.8. The van der Waals surface area contributed by atoms with Crippen molar-refractivity contribution >= 4 is 28.4 Å². The quantitative estimate of drug-likeness (QED) is 0.204. The maximum atomic E-state index is 15.2. The van der Waals surface area contributed by atoms with E-state index in [0.29, 0.717) is 40.7 Å². The van der Waals surface area contributed by atoms with Crippen LogP contribution < -0.4 is 30.2 Å². The number of carbonyl (C=O) groups is 2. The minimum atomic E-state index is -0.904. The zero-order valence-electron chi connectivity index (χ0n) is 25.6. The number of anilines is 1. The summed E-state index contributed by atoms with van der Waals surface area (Å²) in [5.41, 5.74) is 1.64. The van der Waals surface area contributed by atoms with Gasteiger partial charge in [0.15, 0.2) is 23.1 Å². The van der Waals surface area contributed by atoms with Gasteiger partial charge in [0, 0.05) is 29.9 Å². The monoisotopic (exact) mass is 615 g/mol. The van der Waals surface area contributed by atoms with Gasteiger partial charge >= 0.3 is 11.8 Å². The van der Waals surface area contributed by atoms with Crippen LogP contribution in [0.5, 0.6) is 23.0 Å². The molecule has 236 valence electrons. The van der Waals surface area contributed by atoms with Gasteiger partial charge in [-0.1, -0.05) is 30.3 Å². The number of piperidine rings is 1. The Kier molecular flexibility index (Phi) is 10.4. The Morgan fingerprint density at radius 2 is 1.76 bits per heavy atom. The van der Waals surface area contributed by atoms with Gasteiger partial charge in [-0.2, -0.15) is 0 Å². The number of amides is 2. The van der Waals surface area contributed by atoms with Crippen molar-refractivity contribution in [2.75, 3.05) is 52.8 Å². The number of aromatic nitrogens is 1. The Bertz CT molecular complexity index is 1630. The first-order valence-electron chi connectivity index (χ1n) is 14.9. The minimum absolute atomic E-state index is 0.0631. The van der Waals surface area contributed by atoms with Crippen molar-refractivity contribution in [3.05, 3.63) is 84.3 Å². The largest absolute Gasteiger partial charge is 0.491 e. The summed E-state index contributed by atoms with van der Waals surface area (Å²) >= 11 is 0. The SMILES string of the molecule is COc1c(OCC2CCNCC2)ccc2c(Oc3ccc(NC(=O)C(=O)NCC(c4ccccc4)N(C)C)cc3F)ccnc12. The Morgan fingerprint density at radius 1 is 1.00 bits per heavy atom. The second-order valence-electron chi connectivity index (χ2n) is 11.1. The van der Waals surface area contributed by atoms with Crippen LogP contribution >= 0.6 is 0 Å². The van der Waals surface area contributed by atoms with Gasteiger partial charge in [0.25, 0.3) is 0 Å². The lowest BCUT2D eigenvalue weighted by Crippen LogP contribution is -2.40. The normalized spacial score (nSPS) is 14.2. The lowest BCUT2D eigenvalue weighted by molar-refractivity contribution is -0.136. The summed E-state index contributed by atoms with van der Waals surface area (Å²) in [5, 5.41) is 9.07. The summed E-state index contributed by atoms with van der Waals surface area (Å²) in [7, 11) is 5.34. The summed E-state index contributed by atoms with van der Waals surface area (Å²) < 4.78 is 32.9.